The molecule has 0 aromatic carbocycles. The Morgan fingerprint density at radius 2 is 2.16 bits per heavy atom. The standard InChI is InChI=1S/C26H43N5O/c1-19(12-16-31-18-30(6)24-22(31)23(27)28-17-29-24)9-8-13-25(4,32)14-15-26(5)20(2)10-7-11-21(26)3/h10,12,17,21,32H,7-9,11,13-16,18H2,1-6H3,(H2,27,28,29)/p+1/b19-12+/t21-,25?,26-/m0/s1. The van der Waals surface area contributed by atoms with E-state index in [1.165, 1.54) is 28.9 Å². The summed E-state index contributed by atoms with van der Waals surface area (Å²) in [6, 6.07) is 0. The highest BCUT2D eigenvalue weighted by Crippen LogP contribution is 2.46. The molecule has 0 bridgehead atoms. The first kappa shape index (κ1) is 24.7. The summed E-state index contributed by atoms with van der Waals surface area (Å²) in [7, 11) is 2.11. The summed E-state index contributed by atoms with van der Waals surface area (Å²) in [4.78, 5) is 12.1. The molecule has 1 aromatic rings. The normalized spacial score (nSPS) is 27.8. The molecule has 0 saturated carbocycles. The Morgan fingerprint density at radius 1 is 1.41 bits per heavy atom. The first-order chi connectivity index (χ1) is 15.0. The molecule has 1 aliphatic heterocycles. The van der Waals surface area contributed by atoms with Crippen molar-refractivity contribution in [3.63, 3.8) is 0 Å². The van der Waals surface area contributed by atoms with Crippen LogP contribution < -0.4 is 15.5 Å². The Balaban J connectivity index is 1.47. The van der Waals surface area contributed by atoms with Crippen LogP contribution in [0.4, 0.5) is 17.3 Å². The van der Waals surface area contributed by atoms with Crippen molar-refractivity contribution in [1.29, 1.82) is 0 Å². The highest BCUT2D eigenvalue weighted by molar-refractivity contribution is 5.73. The van der Waals surface area contributed by atoms with E-state index in [1.54, 1.807) is 6.33 Å². The van der Waals surface area contributed by atoms with Crippen LogP contribution in [0.3, 0.4) is 0 Å². The third-order valence-electron chi connectivity index (χ3n) is 8.17. The first-order valence-corrected chi connectivity index (χ1v) is 12.3. The molecular formula is C26H44N5O+. The van der Waals surface area contributed by atoms with Gasteiger partial charge in [0.2, 0.25) is 0 Å². The van der Waals surface area contributed by atoms with Gasteiger partial charge in [-0.25, -0.2) is 4.98 Å². The average molecular weight is 443 g/mol. The Morgan fingerprint density at radius 3 is 2.88 bits per heavy atom. The lowest BCUT2D eigenvalue weighted by atomic mass is 9.64. The van der Waals surface area contributed by atoms with Gasteiger partial charge in [0.15, 0.2) is 18.2 Å². The molecule has 32 heavy (non-hydrogen) atoms. The molecule has 2 unspecified atom stereocenters. The van der Waals surface area contributed by atoms with Crippen LogP contribution in [0.1, 0.15) is 79.6 Å². The molecular weight excluding hydrogens is 398 g/mol. The summed E-state index contributed by atoms with van der Waals surface area (Å²) in [5.74, 6) is 2.22. The molecule has 0 radical (unpaired) electrons. The molecule has 3 rings (SSSR count). The lowest BCUT2D eigenvalue weighted by Crippen LogP contribution is -3.03. The zero-order valence-corrected chi connectivity index (χ0v) is 21.0. The zero-order chi connectivity index (χ0) is 23.5. The van der Waals surface area contributed by atoms with E-state index in [-0.39, 0.29) is 5.41 Å². The van der Waals surface area contributed by atoms with Crippen LogP contribution in [0.5, 0.6) is 0 Å². The minimum absolute atomic E-state index is 0.227. The topological polar surface area (TPSA) is 79.7 Å². The highest BCUT2D eigenvalue weighted by Gasteiger charge is 2.36. The molecule has 4 N–H and O–H groups in total. The monoisotopic (exact) mass is 442 g/mol. The Labute approximate surface area is 194 Å². The van der Waals surface area contributed by atoms with Gasteiger partial charge in [0.1, 0.15) is 6.33 Å². The van der Waals surface area contributed by atoms with Gasteiger partial charge in [-0.15, -0.1) is 0 Å². The minimum Gasteiger partial charge on any atom is -0.390 e. The quantitative estimate of drug-likeness (QED) is 0.504. The lowest BCUT2D eigenvalue weighted by Gasteiger charge is -2.42. The number of nitrogens with two attached hydrogens (primary N) is 1. The number of allylic oxidation sites excluding steroid dienone is 3. The maximum Gasteiger partial charge on any atom is 0.256 e. The van der Waals surface area contributed by atoms with Crippen LogP contribution in [0, 0.1) is 11.3 Å². The fourth-order valence-electron chi connectivity index (χ4n) is 5.32. The maximum absolute atomic E-state index is 11.0. The van der Waals surface area contributed by atoms with Crippen LogP contribution in [0.2, 0.25) is 0 Å². The van der Waals surface area contributed by atoms with E-state index < -0.39 is 5.60 Å². The molecule has 6 heteroatoms. The van der Waals surface area contributed by atoms with Gasteiger partial charge >= 0.3 is 0 Å². The van der Waals surface area contributed by atoms with Gasteiger partial charge in [-0.3, -0.25) is 4.90 Å². The van der Waals surface area contributed by atoms with E-state index in [0.29, 0.717) is 11.7 Å². The van der Waals surface area contributed by atoms with Crippen molar-refractivity contribution >= 4 is 17.3 Å². The number of nitrogen functional groups attached to an aromatic ring is 1. The fraction of sp³-hybridized carbons (Fsp3) is 0.692. The van der Waals surface area contributed by atoms with Gasteiger partial charge in [0.25, 0.3) is 5.82 Å². The van der Waals surface area contributed by atoms with Crippen molar-refractivity contribution < 1.29 is 10.0 Å². The van der Waals surface area contributed by atoms with Crippen LogP contribution >= 0.6 is 0 Å². The predicted octanol–water partition coefficient (Wildman–Crippen LogP) is 4.01. The van der Waals surface area contributed by atoms with Gasteiger partial charge in [-0.05, 0) is 77.0 Å². The zero-order valence-electron chi connectivity index (χ0n) is 21.0. The number of fused-ring (bicyclic) bond motifs is 1. The number of hydrogen-bond donors (Lipinski definition) is 3. The van der Waals surface area contributed by atoms with Crippen LogP contribution in [-0.2, 0) is 0 Å². The predicted molar refractivity (Wildman–Crippen MR) is 133 cm³/mol. The summed E-state index contributed by atoms with van der Waals surface area (Å²) < 4.78 is 0. The van der Waals surface area contributed by atoms with E-state index in [9.17, 15) is 5.11 Å². The van der Waals surface area contributed by atoms with Crippen molar-refractivity contribution in [3.8, 4) is 0 Å². The molecule has 2 aliphatic rings. The molecule has 1 aliphatic carbocycles. The molecule has 2 heterocycles. The summed E-state index contributed by atoms with van der Waals surface area (Å²) in [6.07, 6.45) is 13.5. The van der Waals surface area contributed by atoms with Crippen molar-refractivity contribution in [3.05, 3.63) is 29.6 Å². The molecule has 0 amide bonds. The summed E-state index contributed by atoms with van der Waals surface area (Å²) >= 11 is 0. The number of aliphatic hydroxyl groups is 1. The Hall–Kier alpha value is -1.92. The van der Waals surface area contributed by atoms with E-state index in [0.717, 1.165) is 56.8 Å². The second-order valence-corrected chi connectivity index (χ2v) is 10.8. The average Bonchev–Trinajstić information content (AvgIpc) is 3.06. The highest BCUT2D eigenvalue weighted by atomic mass is 16.3. The molecule has 6 nitrogen and oxygen atoms in total. The lowest BCUT2D eigenvalue weighted by molar-refractivity contribution is -0.805. The van der Waals surface area contributed by atoms with E-state index in [1.807, 2.05) is 6.92 Å². The number of nitrogens with zero attached hydrogens (tertiary/aromatic N) is 3. The van der Waals surface area contributed by atoms with Crippen LogP contribution in [0.15, 0.2) is 29.6 Å². The molecule has 0 saturated heterocycles. The third-order valence-corrected chi connectivity index (χ3v) is 8.17. The van der Waals surface area contributed by atoms with Crippen molar-refractivity contribution in [2.45, 2.75) is 85.2 Å². The molecule has 178 valence electrons. The van der Waals surface area contributed by atoms with Gasteiger partial charge < -0.3 is 15.7 Å². The number of quaternary nitrogens is 1. The van der Waals surface area contributed by atoms with Gasteiger partial charge in [-0.2, -0.15) is 4.98 Å². The SMILES string of the molecule is CC1=CCC[C@H](C)[C@@]1(C)CCC(C)(O)CCC/C(C)=C/CN1C[NH+](C)c2ncnc(N)c21. The van der Waals surface area contributed by atoms with Gasteiger partial charge in [-0.1, -0.05) is 37.1 Å². The fourth-order valence-corrected chi connectivity index (χ4v) is 5.32. The number of aromatic nitrogens is 2. The second-order valence-electron chi connectivity index (χ2n) is 10.8. The van der Waals surface area contributed by atoms with Crippen molar-refractivity contribution in [1.82, 2.24) is 9.97 Å². The number of rotatable bonds is 9. The van der Waals surface area contributed by atoms with Crippen LogP contribution in [0.25, 0.3) is 0 Å². The minimum atomic E-state index is -0.605. The molecule has 4 atom stereocenters. The third kappa shape index (κ3) is 5.52. The van der Waals surface area contributed by atoms with E-state index in [2.05, 4.69) is 61.8 Å². The summed E-state index contributed by atoms with van der Waals surface area (Å²) in [5, 5.41) is 11.0. The molecule has 1 aromatic heterocycles. The molecule has 0 spiro atoms. The van der Waals surface area contributed by atoms with E-state index >= 15 is 0 Å². The number of anilines is 2. The number of nitrogens with one attached hydrogen (secondary N) is 1. The summed E-state index contributed by atoms with van der Waals surface area (Å²) in [6.45, 7) is 12.9. The van der Waals surface area contributed by atoms with E-state index in [4.69, 9.17) is 5.73 Å². The number of hydrogen-bond acceptors (Lipinski definition) is 5. The Bertz CT molecular complexity index is 862. The van der Waals surface area contributed by atoms with Gasteiger partial charge in [0.05, 0.1) is 12.6 Å². The van der Waals surface area contributed by atoms with Crippen LogP contribution in [-0.4, -0.2) is 40.9 Å². The second kappa shape index (κ2) is 9.92. The summed E-state index contributed by atoms with van der Waals surface area (Å²) in [5.41, 5.74) is 9.56. The van der Waals surface area contributed by atoms with Gasteiger partial charge in [0, 0.05) is 6.54 Å². The smallest absolute Gasteiger partial charge is 0.256 e. The molecule has 0 fully saturated rings. The maximum atomic E-state index is 11.0. The Kier molecular flexibility index (Phi) is 7.66. The first-order valence-electron chi connectivity index (χ1n) is 12.3. The largest absolute Gasteiger partial charge is 0.390 e. The van der Waals surface area contributed by atoms with Crippen molar-refractivity contribution in [2.75, 3.05) is 30.9 Å². The van der Waals surface area contributed by atoms with Crippen molar-refractivity contribution in [2.24, 2.45) is 11.3 Å².